The quantitative estimate of drug-likeness (QED) is 0.848. The maximum atomic E-state index is 12.9. The van der Waals surface area contributed by atoms with E-state index in [1.54, 1.807) is 7.11 Å². The minimum Gasteiger partial charge on any atom is -0.496 e. The lowest BCUT2D eigenvalue weighted by atomic mass is 10.1. The monoisotopic (exact) mass is 306 g/mol. The molecular weight excluding hydrogens is 280 g/mol. The Morgan fingerprint density at radius 3 is 2.91 bits per heavy atom. The normalized spacial score (nSPS) is 19.1. The van der Waals surface area contributed by atoms with E-state index in [-0.39, 0.29) is 5.91 Å². The van der Waals surface area contributed by atoms with Crippen LogP contribution in [0.3, 0.4) is 0 Å². The van der Waals surface area contributed by atoms with Crippen molar-refractivity contribution in [1.29, 1.82) is 0 Å². The van der Waals surface area contributed by atoms with E-state index in [9.17, 15) is 4.79 Å². The molecule has 1 amide bonds. The SMILES string of the molecule is COc1ccc(C)cc1C(=O)N1CCOC[C@@H](CN(C)C)C1. The lowest BCUT2D eigenvalue weighted by molar-refractivity contribution is 0.0731. The first-order chi connectivity index (χ1) is 10.5. The molecule has 1 heterocycles. The second kappa shape index (κ2) is 7.61. The van der Waals surface area contributed by atoms with Gasteiger partial charge in [-0.3, -0.25) is 4.79 Å². The van der Waals surface area contributed by atoms with Gasteiger partial charge in [-0.1, -0.05) is 11.6 Å². The van der Waals surface area contributed by atoms with E-state index in [0.29, 0.717) is 43.5 Å². The second-order valence-electron chi connectivity index (χ2n) is 6.16. The Morgan fingerprint density at radius 1 is 1.45 bits per heavy atom. The number of rotatable bonds is 4. The van der Waals surface area contributed by atoms with Crippen molar-refractivity contribution in [2.24, 2.45) is 5.92 Å². The van der Waals surface area contributed by atoms with Crippen LogP contribution >= 0.6 is 0 Å². The van der Waals surface area contributed by atoms with Crippen LogP contribution in [0.25, 0.3) is 0 Å². The van der Waals surface area contributed by atoms with Crippen molar-refractivity contribution in [3.8, 4) is 5.75 Å². The highest BCUT2D eigenvalue weighted by Gasteiger charge is 2.25. The smallest absolute Gasteiger partial charge is 0.257 e. The molecule has 0 saturated carbocycles. The maximum Gasteiger partial charge on any atom is 0.257 e. The number of amides is 1. The summed E-state index contributed by atoms with van der Waals surface area (Å²) in [6.07, 6.45) is 0. The molecule has 0 aliphatic carbocycles. The van der Waals surface area contributed by atoms with Crippen LogP contribution in [0.4, 0.5) is 0 Å². The maximum absolute atomic E-state index is 12.9. The summed E-state index contributed by atoms with van der Waals surface area (Å²) >= 11 is 0. The first kappa shape index (κ1) is 16.8. The first-order valence-corrected chi connectivity index (χ1v) is 7.67. The van der Waals surface area contributed by atoms with Crippen molar-refractivity contribution in [1.82, 2.24) is 9.80 Å². The third-order valence-corrected chi connectivity index (χ3v) is 3.83. The summed E-state index contributed by atoms with van der Waals surface area (Å²) in [7, 11) is 5.68. The zero-order valence-corrected chi connectivity index (χ0v) is 14.0. The zero-order valence-electron chi connectivity index (χ0n) is 14.0. The van der Waals surface area contributed by atoms with Gasteiger partial charge in [-0.25, -0.2) is 0 Å². The number of carbonyl (C=O) groups is 1. The topological polar surface area (TPSA) is 42.0 Å². The standard InChI is InChI=1S/C17H26N2O3/c1-13-5-6-16(21-4)15(9-13)17(20)19-7-8-22-12-14(11-19)10-18(2)3/h5-6,9,14H,7-8,10-12H2,1-4H3/t14-/m0/s1. The predicted octanol–water partition coefficient (Wildman–Crippen LogP) is 1.65. The zero-order chi connectivity index (χ0) is 16.1. The van der Waals surface area contributed by atoms with E-state index in [4.69, 9.17) is 9.47 Å². The Kier molecular flexibility index (Phi) is 5.80. The highest BCUT2D eigenvalue weighted by molar-refractivity contribution is 5.97. The molecule has 0 spiro atoms. The molecule has 1 saturated heterocycles. The minimum absolute atomic E-state index is 0.0230. The Hall–Kier alpha value is -1.59. The molecule has 5 heteroatoms. The van der Waals surface area contributed by atoms with Crippen LogP contribution in [0, 0.1) is 12.8 Å². The number of ether oxygens (including phenoxy) is 2. The van der Waals surface area contributed by atoms with Crippen molar-refractivity contribution >= 4 is 5.91 Å². The van der Waals surface area contributed by atoms with Gasteiger partial charge >= 0.3 is 0 Å². The Balaban J connectivity index is 2.18. The van der Waals surface area contributed by atoms with Gasteiger partial charge in [0.25, 0.3) is 5.91 Å². The third-order valence-electron chi connectivity index (χ3n) is 3.83. The van der Waals surface area contributed by atoms with Gasteiger partial charge in [-0.05, 0) is 33.2 Å². The molecular formula is C17H26N2O3. The van der Waals surface area contributed by atoms with Crippen LogP contribution in [0.2, 0.25) is 0 Å². The summed E-state index contributed by atoms with van der Waals surface area (Å²) in [6, 6.07) is 5.71. The molecule has 5 nitrogen and oxygen atoms in total. The van der Waals surface area contributed by atoms with Gasteiger partial charge in [-0.15, -0.1) is 0 Å². The van der Waals surface area contributed by atoms with Gasteiger partial charge in [0.1, 0.15) is 5.75 Å². The molecule has 2 rings (SSSR count). The van der Waals surface area contributed by atoms with Crippen LogP contribution in [0.15, 0.2) is 18.2 Å². The third kappa shape index (κ3) is 4.21. The lowest BCUT2D eigenvalue weighted by Crippen LogP contribution is -2.38. The van der Waals surface area contributed by atoms with Crippen molar-refractivity contribution in [3.05, 3.63) is 29.3 Å². The summed E-state index contributed by atoms with van der Waals surface area (Å²) < 4.78 is 11.0. The van der Waals surface area contributed by atoms with Crippen LogP contribution in [-0.2, 0) is 4.74 Å². The van der Waals surface area contributed by atoms with Crippen LogP contribution in [0.1, 0.15) is 15.9 Å². The molecule has 0 N–H and O–H groups in total. The van der Waals surface area contributed by atoms with Crippen LogP contribution in [0.5, 0.6) is 5.75 Å². The first-order valence-electron chi connectivity index (χ1n) is 7.67. The summed E-state index contributed by atoms with van der Waals surface area (Å²) in [6.45, 7) is 5.52. The number of nitrogens with zero attached hydrogens (tertiary/aromatic N) is 2. The lowest BCUT2D eigenvalue weighted by Gasteiger charge is -2.26. The summed E-state index contributed by atoms with van der Waals surface area (Å²) in [5.41, 5.74) is 1.69. The minimum atomic E-state index is 0.0230. The molecule has 0 bridgehead atoms. The number of aryl methyl sites for hydroxylation is 1. The van der Waals surface area contributed by atoms with Gasteiger partial charge in [0, 0.05) is 25.6 Å². The second-order valence-corrected chi connectivity index (χ2v) is 6.16. The van der Waals surface area contributed by atoms with E-state index < -0.39 is 0 Å². The van der Waals surface area contributed by atoms with Gasteiger partial charge < -0.3 is 19.3 Å². The number of benzene rings is 1. The average molecular weight is 306 g/mol. The Bertz CT molecular complexity index is 517. The van der Waals surface area contributed by atoms with E-state index in [0.717, 1.165) is 12.1 Å². The van der Waals surface area contributed by atoms with Crippen molar-refractivity contribution < 1.29 is 14.3 Å². The predicted molar refractivity (Wildman–Crippen MR) is 86.5 cm³/mol. The van der Waals surface area contributed by atoms with Gasteiger partial charge in [0.15, 0.2) is 0 Å². The molecule has 1 aliphatic rings. The van der Waals surface area contributed by atoms with Gasteiger partial charge in [0.2, 0.25) is 0 Å². The molecule has 122 valence electrons. The summed E-state index contributed by atoms with van der Waals surface area (Å²) in [4.78, 5) is 16.9. The molecule has 1 fully saturated rings. The molecule has 1 atom stereocenters. The van der Waals surface area contributed by atoms with Crippen LogP contribution in [-0.4, -0.2) is 69.8 Å². The number of hydrogen-bond acceptors (Lipinski definition) is 4. The number of carbonyl (C=O) groups excluding carboxylic acids is 1. The fraction of sp³-hybridized carbons (Fsp3) is 0.588. The number of hydrogen-bond donors (Lipinski definition) is 0. The average Bonchev–Trinajstić information content (AvgIpc) is 2.71. The largest absolute Gasteiger partial charge is 0.496 e. The van der Waals surface area contributed by atoms with Crippen molar-refractivity contribution in [3.63, 3.8) is 0 Å². The van der Waals surface area contributed by atoms with E-state index in [2.05, 4.69) is 4.90 Å². The molecule has 0 radical (unpaired) electrons. The van der Waals surface area contributed by atoms with E-state index in [1.165, 1.54) is 0 Å². The van der Waals surface area contributed by atoms with Crippen molar-refractivity contribution in [2.45, 2.75) is 6.92 Å². The molecule has 1 aliphatic heterocycles. The van der Waals surface area contributed by atoms with Gasteiger partial charge in [0.05, 0.1) is 25.9 Å². The number of methoxy groups -OCH3 is 1. The fourth-order valence-corrected chi connectivity index (χ4v) is 2.85. The molecule has 1 aromatic carbocycles. The van der Waals surface area contributed by atoms with Gasteiger partial charge in [-0.2, -0.15) is 0 Å². The van der Waals surface area contributed by atoms with Crippen molar-refractivity contribution in [2.75, 3.05) is 54.1 Å². The molecule has 0 unspecified atom stereocenters. The summed E-state index contributed by atoms with van der Waals surface area (Å²) in [5, 5.41) is 0. The summed E-state index contributed by atoms with van der Waals surface area (Å²) in [5.74, 6) is 0.983. The molecule has 1 aromatic rings. The highest BCUT2D eigenvalue weighted by Crippen LogP contribution is 2.22. The van der Waals surface area contributed by atoms with Crippen LogP contribution < -0.4 is 4.74 Å². The van der Waals surface area contributed by atoms with E-state index >= 15 is 0 Å². The molecule has 22 heavy (non-hydrogen) atoms. The Morgan fingerprint density at radius 2 is 2.23 bits per heavy atom. The Labute approximate surface area is 132 Å². The van der Waals surface area contributed by atoms with E-state index in [1.807, 2.05) is 44.1 Å². The molecule has 0 aromatic heterocycles. The highest BCUT2D eigenvalue weighted by atomic mass is 16.5. The fourth-order valence-electron chi connectivity index (χ4n) is 2.85.